The number of nitrogens with one attached hydrogen (secondary N) is 1. The van der Waals surface area contributed by atoms with Crippen LogP contribution in [0.3, 0.4) is 0 Å². The number of hydrogen-bond donors (Lipinski definition) is 2. The maximum atomic E-state index is 11.6. The highest BCUT2D eigenvalue weighted by Gasteiger charge is 2.48. The highest BCUT2D eigenvalue weighted by atomic mass is 16.5. The molecule has 23 heavy (non-hydrogen) atoms. The SMILES string of the molecule is CN1CC2(CC[C@@H](N3CCc4ncc(C(=O)NO)cc4C3)C2)C1. The molecule has 1 saturated carbocycles. The van der Waals surface area contributed by atoms with E-state index in [0.717, 1.165) is 30.8 Å². The van der Waals surface area contributed by atoms with E-state index in [9.17, 15) is 4.79 Å². The average molecular weight is 316 g/mol. The third kappa shape index (κ3) is 2.65. The Bertz CT molecular complexity index is 627. The monoisotopic (exact) mass is 316 g/mol. The number of likely N-dealkylation sites (tertiary alicyclic amines) is 1. The van der Waals surface area contributed by atoms with Gasteiger partial charge in [-0.3, -0.25) is 19.9 Å². The summed E-state index contributed by atoms with van der Waals surface area (Å²) in [5.74, 6) is -0.491. The maximum absolute atomic E-state index is 11.6. The summed E-state index contributed by atoms with van der Waals surface area (Å²) >= 11 is 0. The number of carbonyl (C=O) groups excluding carboxylic acids is 1. The molecule has 1 atom stereocenters. The minimum Gasteiger partial charge on any atom is -0.305 e. The Morgan fingerprint density at radius 3 is 3.04 bits per heavy atom. The minimum atomic E-state index is -0.491. The first-order valence-electron chi connectivity index (χ1n) is 8.43. The highest BCUT2D eigenvalue weighted by molar-refractivity contribution is 5.93. The number of carbonyl (C=O) groups is 1. The van der Waals surface area contributed by atoms with Gasteiger partial charge in [0.05, 0.1) is 5.56 Å². The molecular weight excluding hydrogens is 292 g/mol. The largest absolute Gasteiger partial charge is 0.305 e. The van der Waals surface area contributed by atoms with Crippen molar-refractivity contribution in [2.45, 2.75) is 38.3 Å². The lowest BCUT2D eigenvalue weighted by Gasteiger charge is -2.47. The van der Waals surface area contributed by atoms with Crippen molar-refractivity contribution in [1.82, 2.24) is 20.3 Å². The zero-order valence-electron chi connectivity index (χ0n) is 13.6. The number of amides is 1. The van der Waals surface area contributed by atoms with Crippen LogP contribution < -0.4 is 5.48 Å². The molecule has 124 valence electrons. The van der Waals surface area contributed by atoms with Crippen LogP contribution in [0.15, 0.2) is 12.3 Å². The van der Waals surface area contributed by atoms with Crippen LogP contribution in [0.5, 0.6) is 0 Å². The summed E-state index contributed by atoms with van der Waals surface area (Å²) in [4.78, 5) is 21.0. The Morgan fingerprint density at radius 2 is 2.30 bits per heavy atom. The molecule has 2 N–H and O–H groups in total. The summed E-state index contributed by atoms with van der Waals surface area (Å²) in [5.41, 5.74) is 4.90. The molecule has 1 aromatic rings. The van der Waals surface area contributed by atoms with E-state index in [1.165, 1.54) is 32.4 Å². The summed E-state index contributed by atoms with van der Waals surface area (Å²) in [6, 6.07) is 2.54. The molecule has 2 fully saturated rings. The Labute approximate surface area is 136 Å². The van der Waals surface area contributed by atoms with Gasteiger partial charge >= 0.3 is 0 Å². The second-order valence-corrected chi connectivity index (χ2v) is 7.56. The number of pyridine rings is 1. The Balaban J connectivity index is 1.47. The number of hydrogen-bond acceptors (Lipinski definition) is 5. The molecular formula is C17H24N4O2. The van der Waals surface area contributed by atoms with E-state index in [2.05, 4.69) is 21.8 Å². The third-order valence-electron chi connectivity index (χ3n) is 5.84. The van der Waals surface area contributed by atoms with E-state index >= 15 is 0 Å². The first-order chi connectivity index (χ1) is 11.1. The van der Waals surface area contributed by atoms with E-state index < -0.39 is 5.91 Å². The van der Waals surface area contributed by atoms with Crippen molar-refractivity contribution >= 4 is 5.91 Å². The Hall–Kier alpha value is -1.50. The zero-order chi connectivity index (χ0) is 16.0. The standard InChI is InChI=1S/C17H24N4O2/c1-20-10-17(11-20)4-2-14(7-17)21-5-3-15-13(9-21)6-12(8-18-15)16(22)19-23/h6,8,14,23H,2-5,7,9-11H2,1H3,(H,19,22)/t14-/m1/s1. The molecule has 3 aliphatic rings. The fraction of sp³-hybridized carbons (Fsp3) is 0.647. The second kappa shape index (κ2) is 5.54. The summed E-state index contributed by atoms with van der Waals surface area (Å²) in [6.07, 6.45) is 6.43. The lowest BCUT2D eigenvalue weighted by Crippen LogP contribution is -2.53. The molecule has 1 amide bonds. The quantitative estimate of drug-likeness (QED) is 0.630. The molecule has 0 aromatic carbocycles. The van der Waals surface area contributed by atoms with Gasteiger partial charge in [-0.15, -0.1) is 0 Å². The maximum Gasteiger partial charge on any atom is 0.276 e. The van der Waals surface area contributed by atoms with E-state index in [-0.39, 0.29) is 0 Å². The summed E-state index contributed by atoms with van der Waals surface area (Å²) in [5, 5.41) is 8.79. The lowest BCUT2D eigenvalue weighted by atomic mass is 9.78. The van der Waals surface area contributed by atoms with Crippen molar-refractivity contribution in [2.75, 3.05) is 26.7 Å². The number of fused-ring (bicyclic) bond motifs is 1. The zero-order valence-corrected chi connectivity index (χ0v) is 13.6. The van der Waals surface area contributed by atoms with E-state index in [1.54, 1.807) is 11.7 Å². The van der Waals surface area contributed by atoms with Crippen molar-refractivity contribution in [2.24, 2.45) is 5.41 Å². The summed E-state index contributed by atoms with van der Waals surface area (Å²) in [6.45, 7) is 4.42. The normalized spacial score (nSPS) is 26.8. The Kier molecular flexibility index (Phi) is 3.63. The van der Waals surface area contributed by atoms with Crippen LogP contribution in [0.25, 0.3) is 0 Å². The van der Waals surface area contributed by atoms with Crippen LogP contribution in [0, 0.1) is 5.41 Å². The topological polar surface area (TPSA) is 68.7 Å². The van der Waals surface area contributed by atoms with Crippen molar-refractivity contribution in [3.63, 3.8) is 0 Å². The van der Waals surface area contributed by atoms with Crippen molar-refractivity contribution in [3.05, 3.63) is 29.1 Å². The van der Waals surface area contributed by atoms with Gasteiger partial charge in [0.2, 0.25) is 0 Å². The Morgan fingerprint density at radius 1 is 1.48 bits per heavy atom. The highest BCUT2D eigenvalue weighted by Crippen LogP contribution is 2.46. The number of hydroxylamine groups is 1. The smallest absolute Gasteiger partial charge is 0.276 e. The molecule has 1 aromatic heterocycles. The fourth-order valence-electron chi connectivity index (χ4n) is 4.82. The molecule has 1 saturated heterocycles. The van der Waals surface area contributed by atoms with Crippen LogP contribution in [-0.4, -0.2) is 58.6 Å². The molecule has 0 radical (unpaired) electrons. The molecule has 0 bridgehead atoms. The first kappa shape index (κ1) is 15.1. The van der Waals surface area contributed by atoms with Gasteiger partial charge in [0.25, 0.3) is 5.91 Å². The third-order valence-corrected chi connectivity index (χ3v) is 5.84. The van der Waals surface area contributed by atoms with Crippen LogP contribution in [0.4, 0.5) is 0 Å². The van der Waals surface area contributed by atoms with Gasteiger partial charge in [-0.25, -0.2) is 5.48 Å². The predicted octanol–water partition coefficient (Wildman–Crippen LogP) is 1.04. The molecule has 1 aliphatic carbocycles. The predicted molar refractivity (Wildman–Crippen MR) is 85.2 cm³/mol. The molecule has 6 nitrogen and oxygen atoms in total. The van der Waals surface area contributed by atoms with Crippen molar-refractivity contribution in [3.8, 4) is 0 Å². The van der Waals surface area contributed by atoms with Crippen LogP contribution in [0.1, 0.15) is 40.9 Å². The first-order valence-corrected chi connectivity index (χ1v) is 8.43. The van der Waals surface area contributed by atoms with Crippen molar-refractivity contribution in [1.29, 1.82) is 0 Å². The van der Waals surface area contributed by atoms with E-state index in [0.29, 0.717) is 17.0 Å². The minimum absolute atomic E-state index is 0.427. The van der Waals surface area contributed by atoms with Gasteiger partial charge in [0, 0.05) is 50.5 Å². The van der Waals surface area contributed by atoms with Crippen LogP contribution in [-0.2, 0) is 13.0 Å². The molecule has 2 aliphatic heterocycles. The number of aromatic nitrogens is 1. The molecule has 0 unspecified atom stereocenters. The fourth-order valence-corrected chi connectivity index (χ4v) is 4.82. The van der Waals surface area contributed by atoms with Crippen molar-refractivity contribution < 1.29 is 10.0 Å². The molecule has 6 heteroatoms. The van der Waals surface area contributed by atoms with E-state index in [1.807, 2.05) is 6.07 Å². The molecule has 3 heterocycles. The van der Waals surface area contributed by atoms with Gasteiger partial charge in [-0.1, -0.05) is 0 Å². The molecule has 4 rings (SSSR count). The average Bonchev–Trinajstić information content (AvgIpc) is 2.98. The van der Waals surface area contributed by atoms with Crippen LogP contribution in [0.2, 0.25) is 0 Å². The summed E-state index contributed by atoms with van der Waals surface area (Å²) in [7, 11) is 2.20. The lowest BCUT2D eigenvalue weighted by molar-refractivity contribution is 0.0198. The van der Waals surface area contributed by atoms with Gasteiger partial charge in [0.15, 0.2) is 0 Å². The molecule has 1 spiro atoms. The number of rotatable bonds is 2. The summed E-state index contributed by atoms with van der Waals surface area (Å²) < 4.78 is 0. The van der Waals surface area contributed by atoms with Gasteiger partial charge in [0.1, 0.15) is 0 Å². The second-order valence-electron chi connectivity index (χ2n) is 7.56. The van der Waals surface area contributed by atoms with Gasteiger partial charge < -0.3 is 4.90 Å². The van der Waals surface area contributed by atoms with E-state index in [4.69, 9.17) is 5.21 Å². The number of nitrogens with zero attached hydrogens (tertiary/aromatic N) is 3. The van der Waals surface area contributed by atoms with Gasteiger partial charge in [-0.2, -0.15) is 0 Å². The van der Waals surface area contributed by atoms with Crippen LogP contribution >= 0.6 is 0 Å². The van der Waals surface area contributed by atoms with Gasteiger partial charge in [-0.05, 0) is 43.4 Å².